The second-order valence-electron chi connectivity index (χ2n) is 3.13. The van der Waals surface area contributed by atoms with Crippen LogP contribution in [-0.4, -0.2) is 35.0 Å². The molecule has 0 spiro atoms. The topological polar surface area (TPSA) is 57.6 Å². The minimum Gasteiger partial charge on any atom is -0.481 e. The van der Waals surface area contributed by atoms with Gasteiger partial charge in [0.25, 0.3) is 0 Å². The van der Waals surface area contributed by atoms with Crippen molar-refractivity contribution < 1.29 is 14.7 Å². The first-order valence-electron chi connectivity index (χ1n) is 4.06. The van der Waals surface area contributed by atoms with E-state index in [0.717, 1.165) is 0 Å². The number of carboxylic acids is 1. The normalized spacial score (nSPS) is 29.5. The molecule has 0 bridgehead atoms. The molecule has 1 amide bonds. The van der Waals surface area contributed by atoms with Gasteiger partial charge in [0.1, 0.15) is 0 Å². The Kier molecular flexibility index (Phi) is 2.35. The minimum atomic E-state index is -0.862. The lowest BCUT2D eigenvalue weighted by atomic mass is 9.99. The van der Waals surface area contributed by atoms with E-state index in [2.05, 4.69) is 0 Å². The van der Waals surface area contributed by atoms with Crippen molar-refractivity contribution in [1.82, 2.24) is 4.90 Å². The summed E-state index contributed by atoms with van der Waals surface area (Å²) in [4.78, 5) is 23.3. The lowest BCUT2D eigenvalue weighted by Gasteiger charge is -2.20. The Labute approximate surface area is 71.2 Å². The first-order chi connectivity index (χ1) is 5.57. The van der Waals surface area contributed by atoms with Gasteiger partial charge in [-0.05, 0) is 6.42 Å². The predicted octanol–water partition coefficient (Wildman–Crippen LogP) is 0.328. The highest BCUT2D eigenvalue weighted by atomic mass is 16.4. The summed E-state index contributed by atoms with van der Waals surface area (Å²) in [6.07, 6.45) is 0.865. The second kappa shape index (κ2) is 3.13. The molecule has 2 atom stereocenters. The van der Waals surface area contributed by atoms with Gasteiger partial charge < -0.3 is 10.0 Å². The van der Waals surface area contributed by atoms with Crippen molar-refractivity contribution in [2.75, 3.05) is 7.05 Å². The first-order valence-corrected chi connectivity index (χ1v) is 4.06. The Morgan fingerprint density at radius 3 is 2.67 bits per heavy atom. The summed E-state index contributed by atoms with van der Waals surface area (Å²) in [7, 11) is 1.67. The SMILES string of the molecule is CCC1C(C(=O)O)CC(=O)N1C. The zero-order valence-electron chi connectivity index (χ0n) is 7.28. The Morgan fingerprint density at radius 2 is 2.33 bits per heavy atom. The van der Waals surface area contributed by atoms with Crippen LogP contribution in [-0.2, 0) is 9.59 Å². The van der Waals surface area contributed by atoms with Gasteiger partial charge in [0, 0.05) is 19.5 Å². The van der Waals surface area contributed by atoms with Crippen LogP contribution in [0.2, 0.25) is 0 Å². The molecule has 2 unspecified atom stereocenters. The number of amides is 1. The van der Waals surface area contributed by atoms with Crippen molar-refractivity contribution in [2.24, 2.45) is 5.92 Å². The van der Waals surface area contributed by atoms with Crippen LogP contribution in [0.15, 0.2) is 0 Å². The molecule has 1 aliphatic heterocycles. The van der Waals surface area contributed by atoms with Gasteiger partial charge in [-0.2, -0.15) is 0 Å². The van der Waals surface area contributed by atoms with Crippen LogP contribution >= 0.6 is 0 Å². The van der Waals surface area contributed by atoms with Crippen molar-refractivity contribution in [3.63, 3.8) is 0 Å². The summed E-state index contributed by atoms with van der Waals surface area (Å²) in [5.74, 6) is -1.43. The van der Waals surface area contributed by atoms with Gasteiger partial charge >= 0.3 is 5.97 Å². The highest BCUT2D eigenvalue weighted by Gasteiger charge is 2.40. The van der Waals surface area contributed by atoms with Gasteiger partial charge in [-0.1, -0.05) is 6.92 Å². The third-order valence-electron chi connectivity index (χ3n) is 2.49. The lowest BCUT2D eigenvalue weighted by molar-refractivity contribution is -0.142. The van der Waals surface area contributed by atoms with Crippen LogP contribution in [0.25, 0.3) is 0 Å². The Morgan fingerprint density at radius 1 is 1.75 bits per heavy atom. The van der Waals surface area contributed by atoms with E-state index < -0.39 is 11.9 Å². The van der Waals surface area contributed by atoms with E-state index in [1.54, 1.807) is 11.9 Å². The number of nitrogens with zero attached hydrogens (tertiary/aromatic N) is 1. The molecule has 1 saturated heterocycles. The fourth-order valence-electron chi connectivity index (χ4n) is 1.73. The number of aliphatic carboxylic acids is 1. The summed E-state index contributed by atoms with van der Waals surface area (Å²) in [5, 5.41) is 8.77. The number of carboxylic acid groups (broad SMARTS) is 1. The van der Waals surface area contributed by atoms with Crippen molar-refractivity contribution in [2.45, 2.75) is 25.8 Å². The lowest BCUT2D eigenvalue weighted by Crippen LogP contribution is -2.33. The zero-order chi connectivity index (χ0) is 9.30. The fourth-order valence-corrected chi connectivity index (χ4v) is 1.73. The standard InChI is InChI=1S/C8H13NO3/c1-3-6-5(8(11)12)4-7(10)9(6)2/h5-6H,3-4H2,1-2H3,(H,11,12). The maximum absolute atomic E-state index is 11.1. The predicted molar refractivity (Wildman–Crippen MR) is 42.6 cm³/mol. The molecule has 1 heterocycles. The summed E-state index contributed by atoms with van der Waals surface area (Å²) < 4.78 is 0. The van der Waals surface area contributed by atoms with Gasteiger partial charge in [-0.25, -0.2) is 0 Å². The summed E-state index contributed by atoms with van der Waals surface area (Å²) in [6, 6.07) is -0.116. The highest BCUT2D eigenvalue weighted by molar-refractivity contribution is 5.86. The maximum atomic E-state index is 11.1. The largest absolute Gasteiger partial charge is 0.481 e. The molecule has 68 valence electrons. The third kappa shape index (κ3) is 1.29. The number of hydrogen-bond acceptors (Lipinski definition) is 2. The summed E-state index contributed by atoms with van der Waals surface area (Å²) in [5.41, 5.74) is 0. The van der Waals surface area contributed by atoms with Crippen LogP contribution < -0.4 is 0 Å². The molecule has 0 aromatic carbocycles. The summed E-state index contributed by atoms with van der Waals surface area (Å²) in [6.45, 7) is 1.90. The Balaban J connectivity index is 2.78. The Bertz CT molecular complexity index is 214. The molecule has 1 aliphatic rings. The van der Waals surface area contributed by atoms with Gasteiger partial charge in [0.15, 0.2) is 0 Å². The molecule has 1 N–H and O–H groups in total. The molecule has 0 saturated carbocycles. The number of likely N-dealkylation sites (tertiary alicyclic amines) is 1. The van der Waals surface area contributed by atoms with Crippen LogP contribution in [0, 0.1) is 5.92 Å². The van der Waals surface area contributed by atoms with Crippen LogP contribution in [0.5, 0.6) is 0 Å². The highest BCUT2D eigenvalue weighted by Crippen LogP contribution is 2.26. The molecule has 4 heteroatoms. The molecule has 1 rings (SSSR count). The fraction of sp³-hybridized carbons (Fsp3) is 0.750. The van der Waals surface area contributed by atoms with E-state index >= 15 is 0 Å². The van der Waals surface area contributed by atoms with Crippen LogP contribution in [0.3, 0.4) is 0 Å². The molecule has 0 aromatic heterocycles. The monoisotopic (exact) mass is 171 g/mol. The molecular formula is C8H13NO3. The molecule has 0 aliphatic carbocycles. The van der Waals surface area contributed by atoms with Gasteiger partial charge in [-0.3, -0.25) is 9.59 Å². The van der Waals surface area contributed by atoms with E-state index in [-0.39, 0.29) is 18.4 Å². The van der Waals surface area contributed by atoms with Gasteiger partial charge in [0.2, 0.25) is 5.91 Å². The number of carbonyl (C=O) groups excluding carboxylic acids is 1. The molecule has 0 radical (unpaired) electrons. The third-order valence-corrected chi connectivity index (χ3v) is 2.49. The van der Waals surface area contributed by atoms with Crippen molar-refractivity contribution >= 4 is 11.9 Å². The quantitative estimate of drug-likeness (QED) is 0.651. The van der Waals surface area contributed by atoms with E-state index in [0.29, 0.717) is 6.42 Å². The van der Waals surface area contributed by atoms with E-state index in [1.165, 1.54) is 0 Å². The average molecular weight is 171 g/mol. The van der Waals surface area contributed by atoms with Crippen LogP contribution in [0.1, 0.15) is 19.8 Å². The second-order valence-corrected chi connectivity index (χ2v) is 3.13. The van der Waals surface area contributed by atoms with Crippen molar-refractivity contribution in [3.05, 3.63) is 0 Å². The Hall–Kier alpha value is -1.06. The molecule has 4 nitrogen and oxygen atoms in total. The smallest absolute Gasteiger partial charge is 0.309 e. The van der Waals surface area contributed by atoms with Crippen molar-refractivity contribution in [1.29, 1.82) is 0 Å². The molecule has 12 heavy (non-hydrogen) atoms. The zero-order valence-corrected chi connectivity index (χ0v) is 7.28. The van der Waals surface area contributed by atoms with E-state index in [9.17, 15) is 9.59 Å². The first kappa shape index (κ1) is 9.03. The molecule has 0 aromatic rings. The average Bonchev–Trinajstić information content (AvgIpc) is 2.29. The van der Waals surface area contributed by atoms with Gasteiger partial charge in [0.05, 0.1) is 5.92 Å². The van der Waals surface area contributed by atoms with Crippen LogP contribution in [0.4, 0.5) is 0 Å². The molecule has 1 fully saturated rings. The molecular weight excluding hydrogens is 158 g/mol. The number of hydrogen-bond donors (Lipinski definition) is 1. The number of rotatable bonds is 2. The van der Waals surface area contributed by atoms with E-state index in [4.69, 9.17) is 5.11 Å². The minimum absolute atomic E-state index is 0.0609. The van der Waals surface area contributed by atoms with E-state index in [1.807, 2.05) is 6.92 Å². The van der Waals surface area contributed by atoms with Gasteiger partial charge in [-0.15, -0.1) is 0 Å². The maximum Gasteiger partial charge on any atom is 0.309 e. The van der Waals surface area contributed by atoms with Crippen molar-refractivity contribution in [3.8, 4) is 0 Å². The number of carbonyl (C=O) groups is 2. The summed E-state index contributed by atoms with van der Waals surface area (Å²) >= 11 is 0.